The Hall–Kier alpha value is -0.160. The Kier molecular flexibility index (Phi) is 4.31. The standard InChI is InChI=1S/C11H15FIN/c1-3-4-11(14)8-5-9(12)7(2)10(13)6-8/h5-6,11H,3-4,14H2,1-2H3. The van der Waals surface area contributed by atoms with Crippen molar-refractivity contribution in [3.63, 3.8) is 0 Å². The lowest BCUT2D eigenvalue weighted by Crippen LogP contribution is -2.10. The fraction of sp³-hybridized carbons (Fsp3) is 0.455. The highest BCUT2D eigenvalue weighted by molar-refractivity contribution is 14.1. The largest absolute Gasteiger partial charge is 0.324 e. The van der Waals surface area contributed by atoms with Gasteiger partial charge in [0.1, 0.15) is 5.82 Å². The minimum Gasteiger partial charge on any atom is -0.324 e. The summed E-state index contributed by atoms with van der Waals surface area (Å²) in [5.41, 5.74) is 7.53. The highest BCUT2D eigenvalue weighted by Gasteiger charge is 2.10. The van der Waals surface area contributed by atoms with Crippen molar-refractivity contribution in [1.29, 1.82) is 0 Å². The van der Waals surface area contributed by atoms with Crippen LogP contribution in [0, 0.1) is 16.3 Å². The zero-order valence-corrected chi connectivity index (χ0v) is 10.6. The Balaban J connectivity index is 3.00. The topological polar surface area (TPSA) is 26.0 Å². The van der Waals surface area contributed by atoms with E-state index in [0.29, 0.717) is 5.56 Å². The van der Waals surface area contributed by atoms with E-state index in [4.69, 9.17) is 5.73 Å². The Morgan fingerprint density at radius 2 is 2.14 bits per heavy atom. The molecule has 0 amide bonds. The number of rotatable bonds is 3. The summed E-state index contributed by atoms with van der Waals surface area (Å²) >= 11 is 2.14. The predicted octanol–water partition coefficient (Wildman–Crippen LogP) is 3.54. The zero-order valence-electron chi connectivity index (χ0n) is 8.48. The SMILES string of the molecule is CCCC(N)c1cc(F)c(C)c(I)c1. The van der Waals surface area contributed by atoms with E-state index in [-0.39, 0.29) is 11.9 Å². The predicted molar refractivity (Wildman–Crippen MR) is 65.7 cm³/mol. The Labute approximate surface area is 98.0 Å². The summed E-state index contributed by atoms with van der Waals surface area (Å²) in [7, 11) is 0. The number of benzene rings is 1. The van der Waals surface area contributed by atoms with Crippen molar-refractivity contribution in [3.05, 3.63) is 32.6 Å². The lowest BCUT2D eigenvalue weighted by molar-refractivity contribution is 0.597. The van der Waals surface area contributed by atoms with E-state index in [9.17, 15) is 4.39 Å². The number of hydrogen-bond acceptors (Lipinski definition) is 1. The summed E-state index contributed by atoms with van der Waals surface area (Å²) in [6, 6.07) is 3.49. The van der Waals surface area contributed by atoms with Gasteiger partial charge in [-0.05, 0) is 59.2 Å². The first-order valence-corrected chi connectivity index (χ1v) is 5.85. The maximum atomic E-state index is 13.4. The van der Waals surface area contributed by atoms with Crippen LogP contribution in [0.1, 0.15) is 36.9 Å². The van der Waals surface area contributed by atoms with Crippen LogP contribution in [0.5, 0.6) is 0 Å². The third-order valence-corrected chi connectivity index (χ3v) is 3.45. The van der Waals surface area contributed by atoms with Gasteiger partial charge in [0.25, 0.3) is 0 Å². The summed E-state index contributed by atoms with van der Waals surface area (Å²) in [6.45, 7) is 3.86. The minimum absolute atomic E-state index is 0.0383. The lowest BCUT2D eigenvalue weighted by Gasteiger charge is -2.12. The van der Waals surface area contributed by atoms with E-state index >= 15 is 0 Å². The molecule has 3 heteroatoms. The van der Waals surface area contributed by atoms with Crippen LogP contribution in [-0.4, -0.2) is 0 Å². The van der Waals surface area contributed by atoms with Gasteiger partial charge in [0, 0.05) is 9.61 Å². The smallest absolute Gasteiger partial charge is 0.127 e. The quantitative estimate of drug-likeness (QED) is 0.849. The number of hydrogen-bond donors (Lipinski definition) is 1. The summed E-state index contributed by atoms with van der Waals surface area (Å²) in [5, 5.41) is 0. The van der Waals surface area contributed by atoms with Crippen LogP contribution >= 0.6 is 22.6 Å². The molecule has 0 saturated heterocycles. The van der Waals surface area contributed by atoms with Gasteiger partial charge in [-0.15, -0.1) is 0 Å². The van der Waals surface area contributed by atoms with Gasteiger partial charge < -0.3 is 5.73 Å². The van der Waals surface area contributed by atoms with Gasteiger partial charge >= 0.3 is 0 Å². The average molecular weight is 307 g/mol. The van der Waals surface area contributed by atoms with Crippen LogP contribution < -0.4 is 5.73 Å². The van der Waals surface area contributed by atoms with Gasteiger partial charge in [-0.3, -0.25) is 0 Å². The van der Waals surface area contributed by atoms with Crippen molar-refractivity contribution in [2.45, 2.75) is 32.7 Å². The number of nitrogens with two attached hydrogens (primary N) is 1. The molecule has 0 radical (unpaired) electrons. The van der Waals surface area contributed by atoms with Crippen molar-refractivity contribution >= 4 is 22.6 Å². The third-order valence-electron chi connectivity index (χ3n) is 2.33. The first kappa shape index (κ1) is 11.9. The molecular formula is C11H15FIN. The van der Waals surface area contributed by atoms with Crippen LogP contribution in [0.4, 0.5) is 4.39 Å². The molecule has 2 N–H and O–H groups in total. The second-order valence-electron chi connectivity index (χ2n) is 3.50. The molecule has 1 aromatic carbocycles. The average Bonchev–Trinajstić information content (AvgIpc) is 2.13. The van der Waals surface area contributed by atoms with Crippen molar-refractivity contribution in [3.8, 4) is 0 Å². The molecule has 1 unspecified atom stereocenters. The second kappa shape index (κ2) is 5.07. The summed E-state index contributed by atoms with van der Waals surface area (Å²) in [5.74, 6) is -0.154. The highest BCUT2D eigenvalue weighted by atomic mass is 127. The molecular weight excluding hydrogens is 292 g/mol. The first-order chi connectivity index (χ1) is 6.56. The van der Waals surface area contributed by atoms with E-state index in [1.165, 1.54) is 0 Å². The lowest BCUT2D eigenvalue weighted by atomic mass is 10.0. The fourth-order valence-electron chi connectivity index (χ4n) is 1.36. The van der Waals surface area contributed by atoms with Gasteiger partial charge in [0.15, 0.2) is 0 Å². The van der Waals surface area contributed by atoms with Gasteiger partial charge in [-0.2, -0.15) is 0 Å². The van der Waals surface area contributed by atoms with Gasteiger partial charge in [-0.25, -0.2) is 4.39 Å². The van der Waals surface area contributed by atoms with E-state index in [0.717, 1.165) is 22.0 Å². The third kappa shape index (κ3) is 2.67. The van der Waals surface area contributed by atoms with Gasteiger partial charge in [0.2, 0.25) is 0 Å². The van der Waals surface area contributed by atoms with Crippen LogP contribution in [0.3, 0.4) is 0 Å². The van der Waals surface area contributed by atoms with Gasteiger partial charge in [-0.1, -0.05) is 13.3 Å². The molecule has 78 valence electrons. The molecule has 0 heterocycles. The summed E-state index contributed by atoms with van der Waals surface area (Å²) in [6.07, 6.45) is 1.92. The van der Waals surface area contributed by atoms with E-state index in [1.807, 2.05) is 6.07 Å². The Morgan fingerprint density at radius 1 is 1.50 bits per heavy atom. The molecule has 0 aromatic heterocycles. The van der Waals surface area contributed by atoms with Crippen LogP contribution in [-0.2, 0) is 0 Å². The van der Waals surface area contributed by atoms with Crippen LogP contribution in [0.25, 0.3) is 0 Å². The first-order valence-electron chi connectivity index (χ1n) is 4.77. The maximum absolute atomic E-state index is 13.4. The molecule has 1 aromatic rings. The van der Waals surface area contributed by atoms with Crippen molar-refractivity contribution in [2.75, 3.05) is 0 Å². The molecule has 14 heavy (non-hydrogen) atoms. The molecule has 0 spiro atoms. The van der Waals surface area contributed by atoms with Gasteiger partial charge in [0.05, 0.1) is 0 Å². The summed E-state index contributed by atoms with van der Waals surface area (Å²) in [4.78, 5) is 0. The van der Waals surface area contributed by atoms with E-state index in [2.05, 4.69) is 29.5 Å². The molecule has 0 saturated carbocycles. The zero-order chi connectivity index (χ0) is 10.7. The second-order valence-corrected chi connectivity index (χ2v) is 4.67. The highest BCUT2D eigenvalue weighted by Crippen LogP contribution is 2.23. The fourth-order valence-corrected chi connectivity index (χ4v) is 1.97. The molecule has 0 aliphatic carbocycles. The van der Waals surface area contributed by atoms with E-state index in [1.54, 1.807) is 13.0 Å². The maximum Gasteiger partial charge on any atom is 0.127 e. The molecule has 1 atom stereocenters. The molecule has 1 nitrogen and oxygen atoms in total. The molecule has 0 fully saturated rings. The van der Waals surface area contributed by atoms with Crippen molar-refractivity contribution in [1.82, 2.24) is 0 Å². The van der Waals surface area contributed by atoms with Crippen molar-refractivity contribution < 1.29 is 4.39 Å². The van der Waals surface area contributed by atoms with Crippen LogP contribution in [0.2, 0.25) is 0 Å². The Bertz CT molecular complexity index is 302. The minimum atomic E-state index is -0.154. The molecule has 0 aliphatic rings. The molecule has 0 aliphatic heterocycles. The Morgan fingerprint density at radius 3 is 2.64 bits per heavy atom. The number of halogens is 2. The normalized spacial score (nSPS) is 12.9. The van der Waals surface area contributed by atoms with Crippen LogP contribution in [0.15, 0.2) is 12.1 Å². The van der Waals surface area contributed by atoms with E-state index < -0.39 is 0 Å². The molecule has 0 bridgehead atoms. The monoisotopic (exact) mass is 307 g/mol. The molecule has 1 rings (SSSR count). The summed E-state index contributed by atoms with van der Waals surface area (Å²) < 4.78 is 14.3. The van der Waals surface area contributed by atoms with Crippen molar-refractivity contribution in [2.24, 2.45) is 5.73 Å².